The van der Waals surface area contributed by atoms with Gasteiger partial charge in [-0.15, -0.1) is 0 Å². The second-order valence-electron chi connectivity index (χ2n) is 8.21. The van der Waals surface area contributed by atoms with Crippen LogP contribution < -0.4 is 4.74 Å². The molecule has 1 aliphatic rings. The van der Waals surface area contributed by atoms with Crippen LogP contribution in [0.4, 0.5) is 4.39 Å². The van der Waals surface area contributed by atoms with Crippen LogP contribution >= 0.6 is 0 Å². The van der Waals surface area contributed by atoms with Gasteiger partial charge >= 0.3 is 5.97 Å². The lowest BCUT2D eigenvalue weighted by Crippen LogP contribution is -2.36. The summed E-state index contributed by atoms with van der Waals surface area (Å²) in [5, 5.41) is 9.16. The number of hydrogen-bond acceptors (Lipinski definition) is 3. The van der Waals surface area contributed by atoms with Gasteiger partial charge in [-0.3, -0.25) is 9.59 Å². The molecular weight excluding hydrogens is 421 g/mol. The molecule has 3 aromatic carbocycles. The van der Waals surface area contributed by atoms with Gasteiger partial charge < -0.3 is 14.7 Å². The maximum absolute atomic E-state index is 14.8. The summed E-state index contributed by atoms with van der Waals surface area (Å²) < 4.78 is 20.4. The number of fused-ring (bicyclic) bond motifs is 1. The van der Waals surface area contributed by atoms with Crippen LogP contribution in [-0.4, -0.2) is 35.5 Å². The summed E-state index contributed by atoms with van der Waals surface area (Å²) in [6, 6.07) is 18.2. The van der Waals surface area contributed by atoms with E-state index in [1.165, 1.54) is 6.07 Å². The molecule has 170 valence electrons. The second-order valence-corrected chi connectivity index (χ2v) is 8.21. The van der Waals surface area contributed by atoms with Crippen LogP contribution in [0.3, 0.4) is 0 Å². The Morgan fingerprint density at radius 1 is 1.00 bits per heavy atom. The smallest absolute Gasteiger partial charge is 0.307 e. The number of nitrogens with zero attached hydrogens (tertiary/aromatic N) is 1. The Labute approximate surface area is 192 Å². The molecule has 1 aliphatic heterocycles. The van der Waals surface area contributed by atoms with Gasteiger partial charge in [0.2, 0.25) is 5.91 Å². The molecule has 0 aromatic heterocycles. The van der Waals surface area contributed by atoms with E-state index in [0.717, 1.165) is 22.3 Å². The number of hydrogen-bond donors (Lipinski definition) is 1. The summed E-state index contributed by atoms with van der Waals surface area (Å²) in [5.41, 5.74) is 4.64. The Balaban J connectivity index is 1.60. The Bertz CT molecular complexity index is 1180. The highest BCUT2D eigenvalue weighted by Gasteiger charge is 2.26. The summed E-state index contributed by atoms with van der Waals surface area (Å²) in [6.45, 7) is 0.730. The molecule has 3 aromatic rings. The number of benzene rings is 3. The van der Waals surface area contributed by atoms with Crippen LogP contribution in [0.15, 0.2) is 60.7 Å². The molecule has 0 saturated carbocycles. The fraction of sp³-hybridized carbons (Fsp3) is 0.259. The largest absolute Gasteiger partial charge is 0.496 e. The molecule has 1 heterocycles. The number of carbonyl (C=O) groups excluding carboxylic acids is 1. The van der Waals surface area contributed by atoms with Gasteiger partial charge in [-0.2, -0.15) is 0 Å². The van der Waals surface area contributed by atoms with Gasteiger partial charge in [0.15, 0.2) is 0 Å². The van der Waals surface area contributed by atoms with E-state index in [0.29, 0.717) is 42.7 Å². The van der Waals surface area contributed by atoms with Crippen molar-refractivity contribution >= 4 is 11.9 Å². The Morgan fingerprint density at radius 2 is 1.79 bits per heavy atom. The summed E-state index contributed by atoms with van der Waals surface area (Å²) in [7, 11) is 1.55. The van der Waals surface area contributed by atoms with Crippen molar-refractivity contribution < 1.29 is 23.8 Å². The predicted octanol–water partition coefficient (Wildman–Crippen LogP) is 4.65. The molecule has 0 unspecified atom stereocenters. The highest BCUT2D eigenvalue weighted by Crippen LogP contribution is 2.37. The number of aryl methyl sites for hydroxylation is 1. The number of ether oxygens (including phenoxy) is 1. The van der Waals surface area contributed by atoms with Crippen molar-refractivity contribution in [3.05, 3.63) is 88.7 Å². The van der Waals surface area contributed by atoms with Crippen molar-refractivity contribution in [1.29, 1.82) is 0 Å². The first-order valence-corrected chi connectivity index (χ1v) is 11.0. The van der Waals surface area contributed by atoms with Crippen LogP contribution in [-0.2, 0) is 35.4 Å². The lowest BCUT2D eigenvalue weighted by atomic mass is 9.89. The number of aliphatic carboxylic acids is 1. The van der Waals surface area contributed by atoms with Crippen LogP contribution in [0.25, 0.3) is 11.1 Å². The third-order valence-corrected chi connectivity index (χ3v) is 6.09. The Hall–Kier alpha value is -3.67. The predicted molar refractivity (Wildman–Crippen MR) is 124 cm³/mol. The van der Waals surface area contributed by atoms with Gasteiger partial charge in [-0.25, -0.2) is 4.39 Å². The first-order chi connectivity index (χ1) is 16.0. The van der Waals surface area contributed by atoms with E-state index < -0.39 is 5.97 Å². The average molecular weight is 448 g/mol. The van der Waals surface area contributed by atoms with E-state index in [-0.39, 0.29) is 24.7 Å². The van der Waals surface area contributed by atoms with Crippen LogP contribution in [0.5, 0.6) is 5.75 Å². The number of carbonyl (C=O) groups is 2. The van der Waals surface area contributed by atoms with E-state index in [9.17, 15) is 14.0 Å². The summed E-state index contributed by atoms with van der Waals surface area (Å²) in [6.07, 6.45) is 1.45. The third kappa shape index (κ3) is 5.06. The molecule has 33 heavy (non-hydrogen) atoms. The molecule has 0 saturated heterocycles. The van der Waals surface area contributed by atoms with E-state index in [1.54, 1.807) is 36.3 Å². The lowest BCUT2D eigenvalue weighted by Gasteiger charge is -2.31. The van der Waals surface area contributed by atoms with Gasteiger partial charge in [-0.05, 0) is 53.3 Å². The van der Waals surface area contributed by atoms with Crippen molar-refractivity contribution in [2.45, 2.75) is 32.2 Å². The normalized spacial score (nSPS) is 12.8. The topological polar surface area (TPSA) is 66.8 Å². The first kappa shape index (κ1) is 22.5. The monoisotopic (exact) mass is 447 g/mol. The Kier molecular flexibility index (Phi) is 6.73. The van der Waals surface area contributed by atoms with Crippen LogP contribution in [0.1, 0.15) is 28.7 Å². The summed E-state index contributed by atoms with van der Waals surface area (Å²) in [4.78, 5) is 25.7. The molecule has 0 radical (unpaired) electrons. The van der Waals surface area contributed by atoms with E-state index >= 15 is 0 Å². The number of carboxylic acids is 1. The van der Waals surface area contributed by atoms with Crippen molar-refractivity contribution in [1.82, 2.24) is 4.90 Å². The van der Waals surface area contributed by atoms with Crippen molar-refractivity contribution in [2.75, 3.05) is 13.7 Å². The minimum atomic E-state index is -0.920. The number of rotatable bonds is 7. The minimum absolute atomic E-state index is 0.00958. The van der Waals surface area contributed by atoms with Gasteiger partial charge in [0.1, 0.15) is 11.6 Å². The molecular formula is C27H26FNO4. The number of methoxy groups -OCH3 is 1. The van der Waals surface area contributed by atoms with Crippen molar-refractivity contribution in [3.63, 3.8) is 0 Å². The quantitative estimate of drug-likeness (QED) is 0.573. The molecule has 0 atom stereocenters. The summed E-state index contributed by atoms with van der Waals surface area (Å²) in [5.74, 6) is -0.651. The first-order valence-electron chi connectivity index (χ1n) is 11.0. The molecule has 1 amide bonds. The molecule has 6 heteroatoms. The fourth-order valence-electron chi connectivity index (χ4n) is 4.41. The molecule has 0 spiro atoms. The SMILES string of the molecule is COc1ccc(CC(=O)O)cc1-c1ccc(F)c2c1CCN(C(=O)CCc1ccccc1)C2. The zero-order valence-electron chi connectivity index (χ0n) is 18.5. The fourth-order valence-corrected chi connectivity index (χ4v) is 4.41. The highest BCUT2D eigenvalue weighted by molar-refractivity contribution is 5.80. The zero-order chi connectivity index (χ0) is 23.4. The van der Waals surface area contributed by atoms with E-state index in [1.807, 2.05) is 30.3 Å². The maximum Gasteiger partial charge on any atom is 0.307 e. The van der Waals surface area contributed by atoms with E-state index in [2.05, 4.69) is 0 Å². The van der Waals surface area contributed by atoms with Gasteiger partial charge in [0.25, 0.3) is 0 Å². The standard InChI is InChI=1S/C27H26FNO4/c1-33-25-11-7-19(16-27(31)32)15-22(25)20-9-10-24(28)23-17-29(14-13-21(20)23)26(30)12-8-18-5-3-2-4-6-18/h2-7,9-11,15H,8,12-14,16-17H2,1H3,(H,31,32). The number of halogens is 1. The molecule has 0 bridgehead atoms. The van der Waals surface area contributed by atoms with E-state index in [4.69, 9.17) is 9.84 Å². The maximum atomic E-state index is 14.8. The average Bonchev–Trinajstić information content (AvgIpc) is 2.83. The second kappa shape index (κ2) is 9.86. The highest BCUT2D eigenvalue weighted by atomic mass is 19.1. The molecule has 4 rings (SSSR count). The lowest BCUT2D eigenvalue weighted by molar-refractivity contribution is -0.136. The third-order valence-electron chi connectivity index (χ3n) is 6.09. The molecule has 0 fully saturated rings. The van der Waals surface area contributed by atoms with Crippen molar-refractivity contribution in [3.8, 4) is 16.9 Å². The molecule has 1 N–H and O–H groups in total. The molecule has 5 nitrogen and oxygen atoms in total. The Morgan fingerprint density at radius 3 is 2.52 bits per heavy atom. The van der Waals surface area contributed by atoms with Gasteiger partial charge in [-0.1, -0.05) is 42.5 Å². The van der Waals surface area contributed by atoms with Crippen LogP contribution in [0, 0.1) is 5.82 Å². The molecule has 0 aliphatic carbocycles. The van der Waals surface area contributed by atoms with Crippen molar-refractivity contribution in [2.24, 2.45) is 0 Å². The summed E-state index contributed by atoms with van der Waals surface area (Å²) >= 11 is 0. The minimum Gasteiger partial charge on any atom is -0.496 e. The van der Waals surface area contributed by atoms with Gasteiger partial charge in [0, 0.05) is 30.6 Å². The van der Waals surface area contributed by atoms with Crippen LogP contribution in [0.2, 0.25) is 0 Å². The number of carboxylic acid groups (broad SMARTS) is 1. The zero-order valence-corrected chi connectivity index (χ0v) is 18.5. The van der Waals surface area contributed by atoms with Gasteiger partial charge in [0.05, 0.1) is 13.5 Å². The number of amides is 1.